The molecular weight excluding hydrogens is 291 g/mol. The van der Waals surface area contributed by atoms with Crippen molar-refractivity contribution in [3.63, 3.8) is 0 Å². The second-order valence-electron chi connectivity index (χ2n) is 3.36. The van der Waals surface area contributed by atoms with E-state index in [-0.39, 0.29) is 0 Å². The Morgan fingerprint density at radius 1 is 1.29 bits per heavy atom. The van der Waals surface area contributed by atoms with Crippen LogP contribution in [0.4, 0.5) is 5.82 Å². The number of nitrogens with zero attached hydrogens (tertiary/aromatic N) is 2. The third-order valence-corrected chi connectivity index (χ3v) is 3.00. The molecule has 1 saturated heterocycles. The summed E-state index contributed by atoms with van der Waals surface area (Å²) < 4.78 is 1.14. The highest BCUT2D eigenvalue weighted by atomic mass is 127. The van der Waals surface area contributed by atoms with E-state index in [9.17, 15) is 4.79 Å². The van der Waals surface area contributed by atoms with Gasteiger partial charge >= 0.3 is 0 Å². The summed E-state index contributed by atoms with van der Waals surface area (Å²) in [5.74, 6) is 1.35. The topological polar surface area (TPSA) is 33.2 Å². The van der Waals surface area contributed by atoms with Crippen LogP contribution in [0.25, 0.3) is 0 Å². The molecule has 0 aliphatic carbocycles. The third kappa shape index (κ3) is 2.23. The first-order valence-corrected chi connectivity index (χ1v) is 5.72. The summed E-state index contributed by atoms with van der Waals surface area (Å²) in [7, 11) is 0. The van der Waals surface area contributed by atoms with Gasteiger partial charge in [-0.15, -0.1) is 0 Å². The third-order valence-electron chi connectivity index (χ3n) is 2.36. The molecule has 0 bridgehead atoms. The van der Waals surface area contributed by atoms with Crippen LogP contribution in [0.3, 0.4) is 0 Å². The zero-order valence-corrected chi connectivity index (χ0v) is 9.90. The van der Waals surface area contributed by atoms with Crippen molar-refractivity contribution >= 4 is 34.2 Å². The molecule has 74 valence electrons. The summed E-state index contributed by atoms with van der Waals surface area (Å²) in [6.07, 6.45) is 3.17. The molecule has 0 atom stereocenters. The lowest BCUT2D eigenvalue weighted by atomic mass is 10.1. The summed E-state index contributed by atoms with van der Waals surface area (Å²) in [6, 6.07) is 4.05. The van der Waals surface area contributed by atoms with Gasteiger partial charge in [0.15, 0.2) is 0 Å². The van der Waals surface area contributed by atoms with Crippen LogP contribution < -0.4 is 4.90 Å². The van der Waals surface area contributed by atoms with Gasteiger partial charge in [0, 0.05) is 35.7 Å². The van der Waals surface area contributed by atoms with E-state index in [2.05, 4.69) is 32.5 Å². The van der Waals surface area contributed by atoms with E-state index in [1.165, 1.54) is 0 Å². The molecule has 0 N–H and O–H groups in total. The number of aromatic nitrogens is 1. The lowest BCUT2D eigenvalue weighted by Gasteiger charge is -2.26. The Balaban J connectivity index is 2.08. The number of rotatable bonds is 1. The Morgan fingerprint density at radius 2 is 2.00 bits per heavy atom. The van der Waals surface area contributed by atoms with E-state index in [4.69, 9.17) is 0 Å². The van der Waals surface area contributed by atoms with Crippen molar-refractivity contribution in [3.05, 3.63) is 21.9 Å². The molecule has 1 aromatic rings. The van der Waals surface area contributed by atoms with Crippen molar-refractivity contribution in [2.24, 2.45) is 0 Å². The van der Waals surface area contributed by atoms with Crippen LogP contribution >= 0.6 is 22.6 Å². The molecule has 2 rings (SSSR count). The molecule has 14 heavy (non-hydrogen) atoms. The molecule has 1 fully saturated rings. The summed E-state index contributed by atoms with van der Waals surface area (Å²) in [5, 5.41) is 0. The van der Waals surface area contributed by atoms with Crippen LogP contribution in [-0.4, -0.2) is 23.9 Å². The lowest BCUT2D eigenvalue weighted by Crippen LogP contribution is -2.34. The van der Waals surface area contributed by atoms with Crippen molar-refractivity contribution in [1.29, 1.82) is 0 Å². The summed E-state index contributed by atoms with van der Waals surface area (Å²) >= 11 is 2.24. The largest absolute Gasteiger partial charge is 0.356 e. The van der Waals surface area contributed by atoms with E-state index >= 15 is 0 Å². The first kappa shape index (κ1) is 9.89. The quantitative estimate of drug-likeness (QED) is 0.742. The summed E-state index contributed by atoms with van der Waals surface area (Å²) in [4.78, 5) is 17.5. The maximum Gasteiger partial charge on any atom is 0.136 e. The number of piperidine rings is 1. The van der Waals surface area contributed by atoms with Crippen LogP contribution in [0.15, 0.2) is 18.3 Å². The van der Waals surface area contributed by atoms with Crippen molar-refractivity contribution < 1.29 is 4.79 Å². The first-order valence-electron chi connectivity index (χ1n) is 4.64. The van der Waals surface area contributed by atoms with E-state index in [0.717, 1.165) is 22.5 Å². The number of anilines is 1. The molecule has 1 aliphatic heterocycles. The normalized spacial score (nSPS) is 17.2. The van der Waals surface area contributed by atoms with Gasteiger partial charge in [0.1, 0.15) is 11.6 Å². The van der Waals surface area contributed by atoms with E-state index in [0.29, 0.717) is 18.6 Å². The molecule has 4 heteroatoms. The smallest absolute Gasteiger partial charge is 0.136 e. The molecule has 2 heterocycles. The number of carbonyl (C=O) groups is 1. The highest BCUT2D eigenvalue weighted by Crippen LogP contribution is 2.16. The second-order valence-corrected chi connectivity index (χ2v) is 4.61. The SMILES string of the molecule is O=C1CCN(c2ccc(I)cn2)CC1. The minimum absolute atomic E-state index is 0.367. The van der Waals surface area contributed by atoms with E-state index in [1.807, 2.05) is 18.3 Å². The predicted molar refractivity (Wildman–Crippen MR) is 63.4 cm³/mol. The maximum atomic E-state index is 11.0. The molecule has 1 aliphatic rings. The number of carbonyl (C=O) groups excluding carboxylic acids is 1. The highest BCUT2D eigenvalue weighted by Gasteiger charge is 2.16. The minimum atomic E-state index is 0.367. The number of pyridine rings is 1. The van der Waals surface area contributed by atoms with Gasteiger partial charge in [0.25, 0.3) is 0 Å². The Bertz CT molecular complexity index is 326. The first-order chi connectivity index (χ1) is 6.75. The van der Waals surface area contributed by atoms with E-state index < -0.39 is 0 Å². The number of hydrogen-bond donors (Lipinski definition) is 0. The van der Waals surface area contributed by atoms with Crippen LogP contribution in [0.2, 0.25) is 0 Å². The predicted octanol–water partition coefficient (Wildman–Crippen LogP) is 1.86. The zero-order valence-electron chi connectivity index (χ0n) is 7.74. The Hall–Kier alpha value is -0.650. The molecule has 0 spiro atoms. The lowest BCUT2D eigenvalue weighted by molar-refractivity contribution is -0.119. The highest BCUT2D eigenvalue weighted by molar-refractivity contribution is 14.1. The van der Waals surface area contributed by atoms with Gasteiger partial charge in [-0.25, -0.2) is 4.98 Å². The zero-order chi connectivity index (χ0) is 9.97. The summed E-state index contributed by atoms with van der Waals surface area (Å²) in [5.41, 5.74) is 0. The molecule has 0 amide bonds. The second kappa shape index (κ2) is 4.25. The Kier molecular flexibility index (Phi) is 3.00. The number of ketones is 1. The molecule has 3 nitrogen and oxygen atoms in total. The molecule has 0 saturated carbocycles. The van der Waals surface area contributed by atoms with Gasteiger partial charge in [-0.1, -0.05) is 0 Å². The standard InChI is InChI=1S/C10H11IN2O/c11-8-1-2-10(12-7-8)13-5-3-9(14)4-6-13/h1-2,7H,3-6H2. The van der Waals surface area contributed by atoms with Gasteiger partial charge in [0.05, 0.1) is 0 Å². The number of hydrogen-bond acceptors (Lipinski definition) is 3. The average molecular weight is 302 g/mol. The Morgan fingerprint density at radius 3 is 2.57 bits per heavy atom. The molecule has 0 unspecified atom stereocenters. The monoisotopic (exact) mass is 302 g/mol. The molecule has 1 aromatic heterocycles. The van der Waals surface area contributed by atoms with Crippen molar-refractivity contribution in [1.82, 2.24) is 4.98 Å². The van der Waals surface area contributed by atoms with Crippen molar-refractivity contribution in [2.45, 2.75) is 12.8 Å². The molecule has 0 radical (unpaired) electrons. The van der Waals surface area contributed by atoms with Crippen LogP contribution in [-0.2, 0) is 4.79 Å². The van der Waals surface area contributed by atoms with Gasteiger partial charge in [-0.05, 0) is 34.7 Å². The molecule has 0 aromatic carbocycles. The van der Waals surface area contributed by atoms with Gasteiger partial charge < -0.3 is 4.90 Å². The van der Waals surface area contributed by atoms with Crippen molar-refractivity contribution in [3.8, 4) is 0 Å². The van der Waals surface area contributed by atoms with Crippen LogP contribution in [0, 0.1) is 3.57 Å². The van der Waals surface area contributed by atoms with Gasteiger partial charge in [-0.2, -0.15) is 0 Å². The fourth-order valence-corrected chi connectivity index (χ4v) is 1.86. The Labute approximate surface area is 96.7 Å². The fraction of sp³-hybridized carbons (Fsp3) is 0.400. The maximum absolute atomic E-state index is 11.0. The van der Waals surface area contributed by atoms with Crippen LogP contribution in [0.5, 0.6) is 0 Å². The van der Waals surface area contributed by atoms with Crippen molar-refractivity contribution in [2.75, 3.05) is 18.0 Å². The number of halogens is 1. The summed E-state index contributed by atoms with van der Waals surface area (Å²) in [6.45, 7) is 1.62. The number of Topliss-reactive ketones (excluding diaryl/α,β-unsaturated/α-hetero) is 1. The fourth-order valence-electron chi connectivity index (χ4n) is 1.54. The van der Waals surface area contributed by atoms with Gasteiger partial charge in [0.2, 0.25) is 0 Å². The molecular formula is C10H11IN2O. The van der Waals surface area contributed by atoms with E-state index in [1.54, 1.807) is 0 Å². The average Bonchev–Trinajstić information content (AvgIpc) is 2.21. The minimum Gasteiger partial charge on any atom is -0.356 e. The van der Waals surface area contributed by atoms with Crippen LogP contribution in [0.1, 0.15) is 12.8 Å². The van der Waals surface area contributed by atoms with Gasteiger partial charge in [-0.3, -0.25) is 4.79 Å².